The van der Waals surface area contributed by atoms with E-state index in [-0.39, 0.29) is 12.5 Å². The molecule has 4 heteroatoms. The molecule has 0 fully saturated rings. The van der Waals surface area contributed by atoms with Gasteiger partial charge in [-0.1, -0.05) is 30.3 Å². The van der Waals surface area contributed by atoms with Crippen LogP contribution in [0.25, 0.3) is 0 Å². The van der Waals surface area contributed by atoms with Gasteiger partial charge >= 0.3 is 5.97 Å². The molecule has 0 aliphatic carbocycles. The van der Waals surface area contributed by atoms with Crippen LogP contribution in [0, 0.1) is 0 Å². The van der Waals surface area contributed by atoms with Crippen molar-refractivity contribution < 1.29 is 14.6 Å². The molecule has 0 aliphatic heterocycles. The molecule has 1 aromatic carbocycles. The van der Waals surface area contributed by atoms with Crippen LogP contribution in [0.15, 0.2) is 30.3 Å². The Kier molecular flexibility index (Phi) is 5.66. The monoisotopic (exact) mass is 237 g/mol. The molecule has 17 heavy (non-hydrogen) atoms. The fourth-order valence-corrected chi connectivity index (χ4v) is 1.76. The molecule has 0 heterocycles. The van der Waals surface area contributed by atoms with Crippen LogP contribution in [-0.4, -0.2) is 43.3 Å². The molecule has 1 aromatic rings. The van der Waals surface area contributed by atoms with E-state index in [9.17, 15) is 4.79 Å². The highest BCUT2D eigenvalue weighted by Crippen LogP contribution is 2.22. The number of aliphatic carboxylic acids is 1. The molecule has 0 saturated carbocycles. The van der Waals surface area contributed by atoms with Crippen molar-refractivity contribution in [1.82, 2.24) is 4.90 Å². The zero-order chi connectivity index (χ0) is 12.7. The van der Waals surface area contributed by atoms with Crippen LogP contribution in [0.3, 0.4) is 0 Å². The summed E-state index contributed by atoms with van der Waals surface area (Å²) in [6, 6.07) is 9.58. The van der Waals surface area contributed by atoms with Gasteiger partial charge in [-0.3, -0.25) is 9.69 Å². The predicted octanol–water partition coefficient (Wildman–Crippen LogP) is 1.78. The molecule has 0 aromatic heterocycles. The summed E-state index contributed by atoms with van der Waals surface area (Å²) in [6.45, 7) is 1.31. The second-order valence-electron chi connectivity index (χ2n) is 4.00. The van der Waals surface area contributed by atoms with Crippen molar-refractivity contribution in [3.63, 3.8) is 0 Å². The minimum atomic E-state index is -0.789. The molecule has 0 amide bonds. The number of carboxylic acid groups (broad SMARTS) is 1. The minimum Gasteiger partial charge on any atom is -0.481 e. The Morgan fingerprint density at radius 3 is 2.59 bits per heavy atom. The van der Waals surface area contributed by atoms with Crippen LogP contribution in [0.1, 0.15) is 18.0 Å². The molecule has 4 nitrogen and oxygen atoms in total. The summed E-state index contributed by atoms with van der Waals surface area (Å²) >= 11 is 0. The fourth-order valence-electron chi connectivity index (χ4n) is 1.76. The lowest BCUT2D eigenvalue weighted by atomic mass is 10.0. The van der Waals surface area contributed by atoms with Crippen molar-refractivity contribution in [2.45, 2.75) is 12.5 Å². The topological polar surface area (TPSA) is 49.8 Å². The first-order valence-electron chi connectivity index (χ1n) is 5.61. The second-order valence-corrected chi connectivity index (χ2v) is 4.00. The first kappa shape index (κ1) is 13.7. The van der Waals surface area contributed by atoms with Gasteiger partial charge in [0, 0.05) is 19.7 Å². The maximum Gasteiger partial charge on any atom is 0.305 e. The maximum absolute atomic E-state index is 10.9. The first-order valence-corrected chi connectivity index (χ1v) is 5.61. The van der Waals surface area contributed by atoms with Crippen LogP contribution in [0.4, 0.5) is 0 Å². The number of rotatable bonds is 7. The molecule has 0 aliphatic rings. The smallest absolute Gasteiger partial charge is 0.305 e. The number of benzene rings is 1. The van der Waals surface area contributed by atoms with Gasteiger partial charge in [-0.2, -0.15) is 0 Å². The van der Waals surface area contributed by atoms with Crippen molar-refractivity contribution in [1.29, 1.82) is 0 Å². The summed E-state index contributed by atoms with van der Waals surface area (Å²) < 4.78 is 5.01. The number of ether oxygens (including phenoxy) is 1. The van der Waals surface area contributed by atoms with Gasteiger partial charge in [0.2, 0.25) is 0 Å². The van der Waals surface area contributed by atoms with E-state index in [4.69, 9.17) is 9.84 Å². The van der Waals surface area contributed by atoms with Gasteiger partial charge in [-0.25, -0.2) is 0 Å². The van der Waals surface area contributed by atoms with Crippen molar-refractivity contribution in [3.8, 4) is 0 Å². The number of nitrogens with zero attached hydrogens (tertiary/aromatic N) is 1. The zero-order valence-electron chi connectivity index (χ0n) is 10.3. The van der Waals surface area contributed by atoms with E-state index < -0.39 is 5.97 Å². The highest BCUT2D eigenvalue weighted by atomic mass is 16.5. The summed E-state index contributed by atoms with van der Waals surface area (Å²) in [5.74, 6) is -0.789. The van der Waals surface area contributed by atoms with E-state index >= 15 is 0 Å². The third-order valence-corrected chi connectivity index (χ3v) is 2.73. The lowest BCUT2D eigenvalue weighted by Gasteiger charge is -2.27. The van der Waals surface area contributed by atoms with Gasteiger partial charge in [0.15, 0.2) is 0 Å². The van der Waals surface area contributed by atoms with Gasteiger partial charge in [0.25, 0.3) is 0 Å². The van der Waals surface area contributed by atoms with E-state index in [0.717, 1.165) is 5.56 Å². The first-order chi connectivity index (χ1) is 8.15. The highest BCUT2D eigenvalue weighted by Gasteiger charge is 2.19. The molecule has 1 rings (SSSR count). The molecule has 0 saturated heterocycles. The Hall–Kier alpha value is -1.39. The minimum absolute atomic E-state index is 0.101. The quantitative estimate of drug-likeness (QED) is 0.785. The van der Waals surface area contributed by atoms with Crippen molar-refractivity contribution >= 4 is 5.97 Å². The number of carboxylic acids is 1. The number of likely N-dealkylation sites (N-methyl/N-ethyl adjacent to an activating group) is 1. The van der Waals surface area contributed by atoms with Crippen LogP contribution >= 0.6 is 0 Å². The average molecular weight is 237 g/mol. The molecule has 1 unspecified atom stereocenters. The molecular formula is C13H19NO3. The molecule has 1 atom stereocenters. The Bertz CT molecular complexity index is 340. The predicted molar refractivity (Wildman–Crippen MR) is 65.9 cm³/mol. The SMILES string of the molecule is COCCN(C)C(CC(=O)O)c1ccccc1. The molecule has 0 bridgehead atoms. The number of methoxy groups -OCH3 is 1. The second kappa shape index (κ2) is 7.04. The Morgan fingerprint density at radius 1 is 1.41 bits per heavy atom. The van der Waals surface area contributed by atoms with E-state index in [1.54, 1.807) is 7.11 Å². The lowest BCUT2D eigenvalue weighted by molar-refractivity contribution is -0.138. The Balaban J connectivity index is 2.76. The Morgan fingerprint density at radius 2 is 2.06 bits per heavy atom. The maximum atomic E-state index is 10.9. The summed E-state index contributed by atoms with van der Waals surface area (Å²) in [6.07, 6.45) is 0.101. The van der Waals surface area contributed by atoms with Crippen LogP contribution < -0.4 is 0 Å². The van der Waals surface area contributed by atoms with E-state index in [1.807, 2.05) is 42.3 Å². The summed E-state index contributed by atoms with van der Waals surface area (Å²) in [7, 11) is 3.56. The third kappa shape index (κ3) is 4.54. The summed E-state index contributed by atoms with van der Waals surface area (Å²) in [5.41, 5.74) is 1.02. The van der Waals surface area contributed by atoms with Crippen molar-refractivity contribution in [3.05, 3.63) is 35.9 Å². The largest absolute Gasteiger partial charge is 0.481 e. The molecule has 0 radical (unpaired) electrons. The zero-order valence-corrected chi connectivity index (χ0v) is 10.3. The number of hydrogen-bond donors (Lipinski definition) is 1. The van der Waals surface area contributed by atoms with E-state index in [0.29, 0.717) is 13.2 Å². The van der Waals surface area contributed by atoms with E-state index in [2.05, 4.69) is 0 Å². The summed E-state index contributed by atoms with van der Waals surface area (Å²) in [5, 5.41) is 8.96. The molecule has 94 valence electrons. The van der Waals surface area contributed by atoms with Crippen LogP contribution in [-0.2, 0) is 9.53 Å². The van der Waals surface area contributed by atoms with Crippen molar-refractivity contribution in [2.24, 2.45) is 0 Å². The van der Waals surface area contributed by atoms with Gasteiger partial charge < -0.3 is 9.84 Å². The lowest BCUT2D eigenvalue weighted by Crippen LogP contribution is -2.29. The van der Waals surface area contributed by atoms with E-state index in [1.165, 1.54) is 0 Å². The van der Waals surface area contributed by atoms with Gasteiger partial charge in [0.1, 0.15) is 0 Å². The normalized spacial score (nSPS) is 12.6. The molecule has 0 spiro atoms. The van der Waals surface area contributed by atoms with Crippen molar-refractivity contribution in [2.75, 3.05) is 27.3 Å². The Labute approximate surface area is 102 Å². The fraction of sp³-hybridized carbons (Fsp3) is 0.462. The summed E-state index contributed by atoms with van der Waals surface area (Å²) in [4.78, 5) is 12.9. The van der Waals surface area contributed by atoms with Gasteiger partial charge in [0.05, 0.1) is 13.0 Å². The highest BCUT2D eigenvalue weighted by molar-refractivity contribution is 5.67. The molecule has 1 N–H and O–H groups in total. The standard InChI is InChI=1S/C13H19NO3/c1-14(8-9-17-2)12(10-13(15)16)11-6-4-3-5-7-11/h3-7,12H,8-10H2,1-2H3,(H,15,16). The van der Waals surface area contributed by atoms with Gasteiger partial charge in [-0.05, 0) is 12.6 Å². The van der Waals surface area contributed by atoms with Crippen LogP contribution in [0.2, 0.25) is 0 Å². The van der Waals surface area contributed by atoms with Gasteiger partial charge in [-0.15, -0.1) is 0 Å². The molecular weight excluding hydrogens is 218 g/mol. The number of hydrogen-bond acceptors (Lipinski definition) is 3. The average Bonchev–Trinajstić information content (AvgIpc) is 2.34. The number of carbonyl (C=O) groups is 1. The third-order valence-electron chi connectivity index (χ3n) is 2.73. The van der Waals surface area contributed by atoms with Crippen LogP contribution in [0.5, 0.6) is 0 Å².